The van der Waals surface area contributed by atoms with E-state index in [2.05, 4.69) is 4.72 Å². The molecule has 0 aliphatic carbocycles. The van der Waals surface area contributed by atoms with Crippen molar-refractivity contribution in [3.8, 4) is 0 Å². The fourth-order valence-corrected chi connectivity index (χ4v) is 2.83. The summed E-state index contributed by atoms with van der Waals surface area (Å²) in [5.41, 5.74) is 0.0909. The van der Waals surface area contributed by atoms with E-state index in [1.54, 1.807) is 32.9 Å². The van der Waals surface area contributed by atoms with Gasteiger partial charge in [-0.05, 0) is 55.0 Å². The van der Waals surface area contributed by atoms with Crippen molar-refractivity contribution in [2.24, 2.45) is 0 Å². The van der Waals surface area contributed by atoms with Crippen molar-refractivity contribution in [1.82, 2.24) is 4.72 Å². The Morgan fingerprint density at radius 3 is 2.16 bits per heavy atom. The van der Waals surface area contributed by atoms with Crippen LogP contribution in [0.1, 0.15) is 32.4 Å². The molecule has 108 valence electrons. The van der Waals surface area contributed by atoms with Gasteiger partial charge in [0.15, 0.2) is 0 Å². The highest BCUT2D eigenvalue weighted by Crippen LogP contribution is 2.35. The minimum atomic E-state index is -4.50. The molecule has 19 heavy (non-hydrogen) atoms. The zero-order chi connectivity index (χ0) is 14.8. The third-order valence-electron chi connectivity index (χ3n) is 2.32. The smallest absolute Gasteiger partial charge is 0.242 e. The number of rotatable bonds is 3. The quantitative estimate of drug-likeness (QED) is 0.759. The normalized spacial score (nSPS) is 16.2. The maximum absolute atomic E-state index is 13.1. The van der Waals surface area contributed by atoms with Crippen LogP contribution in [0, 0.1) is 3.57 Å². The fourth-order valence-electron chi connectivity index (χ4n) is 1.30. The molecule has 1 N–H and O–H groups in total. The van der Waals surface area contributed by atoms with Gasteiger partial charge >= 0.3 is 6.18 Å². The van der Waals surface area contributed by atoms with Crippen molar-refractivity contribution in [2.75, 3.05) is 0 Å². The van der Waals surface area contributed by atoms with Crippen molar-refractivity contribution in [2.45, 2.75) is 37.7 Å². The molecule has 0 spiro atoms. The number of alkyl halides is 3. The lowest BCUT2D eigenvalue weighted by Crippen LogP contribution is -2.41. The van der Waals surface area contributed by atoms with Crippen LogP contribution >= 0.6 is 22.6 Å². The standard InChI is InChI=1S/C12H15F3INOS/c1-11(2,3)19(18)17-10(12(13,14)15)8-6-4-5-7-9(8)16/h4-7,10,17H,1-3H3/t10-,19?/m0/s1. The maximum atomic E-state index is 13.1. The summed E-state index contributed by atoms with van der Waals surface area (Å²) in [4.78, 5) is 0. The van der Waals surface area contributed by atoms with Gasteiger partial charge < -0.3 is 0 Å². The van der Waals surface area contributed by atoms with Gasteiger partial charge in [-0.1, -0.05) is 18.2 Å². The molecule has 1 aromatic carbocycles. The lowest BCUT2D eigenvalue weighted by atomic mass is 10.1. The summed E-state index contributed by atoms with van der Waals surface area (Å²) in [7, 11) is -1.80. The van der Waals surface area contributed by atoms with Crippen molar-refractivity contribution < 1.29 is 17.4 Å². The van der Waals surface area contributed by atoms with Gasteiger partial charge in [-0.3, -0.25) is 0 Å². The molecule has 0 aromatic heterocycles. The highest BCUT2D eigenvalue weighted by molar-refractivity contribution is 14.1. The predicted octanol–water partition coefficient (Wildman–Crippen LogP) is 3.95. The first-order valence-corrected chi connectivity index (χ1v) is 7.75. The monoisotopic (exact) mass is 405 g/mol. The summed E-state index contributed by atoms with van der Waals surface area (Å²) >= 11 is 1.84. The van der Waals surface area contributed by atoms with E-state index in [4.69, 9.17) is 0 Å². The Morgan fingerprint density at radius 2 is 1.74 bits per heavy atom. The Balaban J connectivity index is 3.12. The summed E-state index contributed by atoms with van der Waals surface area (Å²) < 4.78 is 53.2. The van der Waals surface area contributed by atoms with Crippen molar-refractivity contribution >= 4 is 33.6 Å². The summed E-state index contributed by atoms with van der Waals surface area (Å²) in [5.74, 6) is 0. The average Bonchev–Trinajstić information content (AvgIpc) is 2.24. The van der Waals surface area contributed by atoms with Crippen LogP contribution in [0.4, 0.5) is 13.2 Å². The second kappa shape index (κ2) is 6.09. The predicted molar refractivity (Wildman–Crippen MR) is 79.0 cm³/mol. The van der Waals surface area contributed by atoms with Crippen molar-refractivity contribution in [1.29, 1.82) is 0 Å². The highest BCUT2D eigenvalue weighted by Gasteiger charge is 2.43. The first kappa shape index (κ1) is 16.9. The van der Waals surface area contributed by atoms with Gasteiger partial charge in [-0.15, -0.1) is 0 Å². The molecule has 1 aromatic rings. The van der Waals surface area contributed by atoms with Crippen LogP contribution < -0.4 is 4.72 Å². The van der Waals surface area contributed by atoms with Crippen LogP contribution in [0.15, 0.2) is 24.3 Å². The van der Waals surface area contributed by atoms with Gasteiger partial charge in [0.2, 0.25) is 0 Å². The molecular weight excluding hydrogens is 390 g/mol. The Labute approximate surface area is 126 Å². The molecule has 0 radical (unpaired) electrons. The third-order valence-corrected chi connectivity index (χ3v) is 4.87. The fraction of sp³-hybridized carbons (Fsp3) is 0.500. The van der Waals surface area contributed by atoms with Crippen LogP contribution in [0.5, 0.6) is 0 Å². The van der Waals surface area contributed by atoms with Crippen LogP contribution in [0.25, 0.3) is 0 Å². The van der Waals surface area contributed by atoms with Crippen LogP contribution in [0.3, 0.4) is 0 Å². The van der Waals surface area contributed by atoms with Crippen LogP contribution in [-0.2, 0) is 11.0 Å². The summed E-state index contributed by atoms with van der Waals surface area (Å²) in [5, 5.41) is 0. The Morgan fingerprint density at radius 1 is 1.21 bits per heavy atom. The first-order valence-electron chi connectivity index (χ1n) is 5.52. The van der Waals surface area contributed by atoms with E-state index in [1.165, 1.54) is 12.1 Å². The van der Waals surface area contributed by atoms with E-state index in [0.717, 1.165) is 0 Å². The zero-order valence-corrected chi connectivity index (χ0v) is 13.7. The lowest BCUT2D eigenvalue weighted by molar-refractivity contribution is -0.153. The van der Waals surface area contributed by atoms with Gasteiger partial charge in [-0.2, -0.15) is 13.2 Å². The number of halogens is 4. The molecule has 0 saturated carbocycles. The Bertz CT molecular complexity index is 471. The molecule has 1 rings (SSSR count). The molecule has 2 nitrogen and oxygen atoms in total. The zero-order valence-electron chi connectivity index (χ0n) is 10.7. The van der Waals surface area contributed by atoms with Gasteiger partial charge in [0.05, 0.1) is 15.7 Å². The minimum Gasteiger partial charge on any atom is -0.242 e. The van der Waals surface area contributed by atoms with E-state index in [-0.39, 0.29) is 5.56 Å². The van der Waals surface area contributed by atoms with Crippen molar-refractivity contribution in [3.05, 3.63) is 33.4 Å². The molecule has 0 fully saturated rings. The highest BCUT2D eigenvalue weighted by atomic mass is 127. The summed E-state index contributed by atoms with van der Waals surface area (Å²) in [6.07, 6.45) is -4.50. The molecule has 1 unspecified atom stereocenters. The van der Waals surface area contributed by atoms with Gasteiger partial charge in [0.25, 0.3) is 0 Å². The molecule has 0 bridgehead atoms. The second-order valence-corrected chi connectivity index (χ2v) is 8.16. The number of nitrogens with one attached hydrogen (secondary N) is 1. The maximum Gasteiger partial charge on any atom is 0.408 e. The Kier molecular flexibility index (Phi) is 5.42. The summed E-state index contributed by atoms with van der Waals surface area (Å²) in [6.45, 7) is 4.87. The van der Waals surface area contributed by atoms with Crippen LogP contribution in [-0.4, -0.2) is 15.1 Å². The van der Waals surface area contributed by atoms with Crippen LogP contribution in [0.2, 0.25) is 0 Å². The van der Waals surface area contributed by atoms with E-state index >= 15 is 0 Å². The first-order chi connectivity index (χ1) is 8.53. The molecule has 0 aliphatic rings. The van der Waals surface area contributed by atoms with E-state index in [9.17, 15) is 17.4 Å². The van der Waals surface area contributed by atoms with Gasteiger partial charge in [0.1, 0.15) is 6.04 Å². The summed E-state index contributed by atoms with van der Waals surface area (Å²) in [6, 6.07) is 4.26. The van der Waals surface area contributed by atoms with E-state index in [1.807, 2.05) is 22.6 Å². The molecular formula is C12H15F3INOS. The molecule has 0 aliphatic heterocycles. The van der Waals surface area contributed by atoms with Gasteiger partial charge in [-0.25, -0.2) is 8.93 Å². The largest absolute Gasteiger partial charge is 0.408 e. The minimum absolute atomic E-state index is 0.0909. The average molecular weight is 405 g/mol. The van der Waals surface area contributed by atoms with E-state index < -0.39 is 28.0 Å². The van der Waals surface area contributed by atoms with Gasteiger partial charge in [0, 0.05) is 3.57 Å². The topological polar surface area (TPSA) is 29.1 Å². The molecule has 0 heterocycles. The number of benzene rings is 1. The Hall–Kier alpha value is -0.150. The number of hydrogen-bond acceptors (Lipinski definition) is 1. The SMILES string of the molecule is CC(C)(C)S(=O)N[C@@H](c1ccccc1I)C(F)(F)F. The van der Waals surface area contributed by atoms with Crippen molar-refractivity contribution in [3.63, 3.8) is 0 Å². The lowest BCUT2D eigenvalue weighted by Gasteiger charge is -2.26. The number of hydrogen-bond donors (Lipinski definition) is 1. The second-order valence-electron chi connectivity index (χ2n) is 5.00. The molecule has 0 amide bonds. The third kappa shape index (κ3) is 4.71. The molecule has 7 heteroatoms. The van der Waals surface area contributed by atoms with E-state index in [0.29, 0.717) is 3.57 Å². The molecule has 2 atom stereocenters. The molecule has 0 saturated heterocycles.